The third-order valence-corrected chi connectivity index (χ3v) is 8.49. The number of amides is 1. The van der Waals surface area contributed by atoms with E-state index >= 15 is 0 Å². The molecule has 4 rings (SSSR count). The van der Waals surface area contributed by atoms with Crippen molar-refractivity contribution < 1.29 is 19.4 Å². The predicted molar refractivity (Wildman–Crippen MR) is 174 cm³/mol. The van der Waals surface area contributed by atoms with Crippen LogP contribution in [-0.2, 0) is 11.3 Å². The Morgan fingerprint density at radius 2 is 1.75 bits per heavy atom. The van der Waals surface area contributed by atoms with E-state index < -0.39 is 5.60 Å². The average Bonchev–Trinajstić information content (AvgIpc) is 2.98. The number of anilines is 1. The van der Waals surface area contributed by atoms with Crippen molar-refractivity contribution in [2.75, 3.05) is 45.7 Å². The number of piperazine rings is 1. The van der Waals surface area contributed by atoms with E-state index in [2.05, 4.69) is 40.6 Å². The lowest BCUT2D eigenvalue weighted by molar-refractivity contribution is -0.130. The molecule has 2 aromatic heterocycles. The maximum atomic E-state index is 14.3. The van der Waals surface area contributed by atoms with Gasteiger partial charge in [0, 0.05) is 68.0 Å². The molecule has 2 N–H and O–H groups in total. The van der Waals surface area contributed by atoms with Gasteiger partial charge in [-0.05, 0) is 46.3 Å². The molecule has 0 aliphatic carbocycles. The van der Waals surface area contributed by atoms with Crippen LogP contribution in [0.3, 0.4) is 0 Å². The summed E-state index contributed by atoms with van der Waals surface area (Å²) in [5.74, 6) is 0.838. The third-order valence-electron chi connectivity index (χ3n) is 7.73. The zero-order valence-electron chi connectivity index (χ0n) is 26.0. The minimum Gasteiger partial charge on any atom is -0.495 e. The maximum absolute atomic E-state index is 14.3. The van der Waals surface area contributed by atoms with Gasteiger partial charge in [0.25, 0.3) is 5.56 Å². The van der Waals surface area contributed by atoms with Crippen molar-refractivity contribution in [3.63, 3.8) is 0 Å². The Morgan fingerprint density at radius 1 is 1.14 bits per heavy atom. The Morgan fingerprint density at radius 3 is 2.30 bits per heavy atom. The number of carbonyl (C=O) groups excluding carboxylic acids is 1. The van der Waals surface area contributed by atoms with E-state index in [0.29, 0.717) is 60.7 Å². The summed E-state index contributed by atoms with van der Waals surface area (Å²) in [6.07, 6.45) is 3.60. The summed E-state index contributed by atoms with van der Waals surface area (Å²) in [6.45, 7) is 13.6. The molecule has 11 nitrogen and oxygen atoms in total. The number of halogens is 2. The van der Waals surface area contributed by atoms with E-state index in [-0.39, 0.29) is 51.7 Å². The number of rotatable bonds is 11. The van der Waals surface area contributed by atoms with Gasteiger partial charge in [0.2, 0.25) is 11.9 Å². The van der Waals surface area contributed by atoms with Crippen LogP contribution in [0.5, 0.6) is 11.5 Å². The van der Waals surface area contributed by atoms with Gasteiger partial charge in [-0.1, -0.05) is 29.8 Å². The monoisotopic (exact) mass is 646 g/mol. The SMILES string of the molecule is C=CC(=O)N1CC(C)N(CCCn2c(=O)c(-c3c(Cl)c(OC)cc(OC)c3Cl)cc3cnc(NCC(C)(C)O)nc32)C(C)C1. The van der Waals surface area contributed by atoms with E-state index in [9.17, 15) is 14.7 Å². The molecule has 1 aliphatic rings. The zero-order valence-corrected chi connectivity index (χ0v) is 27.5. The predicted octanol–water partition coefficient (Wildman–Crippen LogP) is 4.46. The molecule has 3 aromatic rings. The number of methoxy groups -OCH3 is 2. The summed E-state index contributed by atoms with van der Waals surface area (Å²) >= 11 is 13.5. The number of benzene rings is 1. The van der Waals surface area contributed by atoms with Crippen LogP contribution in [0.4, 0.5) is 5.95 Å². The van der Waals surface area contributed by atoms with E-state index in [1.54, 1.807) is 36.7 Å². The molecule has 0 saturated carbocycles. The summed E-state index contributed by atoms with van der Waals surface area (Å²) in [7, 11) is 2.95. The van der Waals surface area contributed by atoms with Crippen LogP contribution in [-0.4, -0.2) is 93.4 Å². The number of nitrogens with zero attached hydrogens (tertiary/aromatic N) is 5. The minimum absolute atomic E-state index is 0.0710. The molecule has 0 bridgehead atoms. The van der Waals surface area contributed by atoms with Crippen molar-refractivity contribution >= 4 is 46.1 Å². The summed E-state index contributed by atoms with van der Waals surface area (Å²) in [6, 6.07) is 3.50. The zero-order chi connectivity index (χ0) is 32.3. The van der Waals surface area contributed by atoms with Gasteiger partial charge in [0.15, 0.2) is 0 Å². The van der Waals surface area contributed by atoms with Gasteiger partial charge in [-0.25, -0.2) is 4.98 Å². The van der Waals surface area contributed by atoms with E-state index in [1.165, 1.54) is 20.3 Å². The number of hydrogen-bond acceptors (Lipinski definition) is 9. The van der Waals surface area contributed by atoms with Crippen LogP contribution in [0.25, 0.3) is 22.2 Å². The van der Waals surface area contributed by atoms with Crippen molar-refractivity contribution in [1.82, 2.24) is 24.3 Å². The van der Waals surface area contributed by atoms with Gasteiger partial charge in [0.1, 0.15) is 17.1 Å². The van der Waals surface area contributed by atoms with Gasteiger partial charge < -0.3 is 24.8 Å². The number of nitrogens with one attached hydrogen (secondary N) is 1. The molecule has 44 heavy (non-hydrogen) atoms. The Labute approximate surface area is 267 Å². The van der Waals surface area contributed by atoms with Crippen molar-refractivity contribution in [2.24, 2.45) is 0 Å². The van der Waals surface area contributed by atoms with Crippen LogP contribution in [0.2, 0.25) is 10.0 Å². The molecular weight excluding hydrogens is 607 g/mol. The van der Waals surface area contributed by atoms with Gasteiger partial charge in [0.05, 0.1) is 35.4 Å². The molecule has 0 radical (unpaired) electrons. The molecule has 1 fully saturated rings. The molecule has 1 saturated heterocycles. The first-order valence-electron chi connectivity index (χ1n) is 14.4. The smallest absolute Gasteiger partial charge is 0.260 e. The highest BCUT2D eigenvalue weighted by atomic mass is 35.5. The summed E-state index contributed by atoms with van der Waals surface area (Å²) < 4.78 is 12.5. The molecule has 0 spiro atoms. The van der Waals surface area contributed by atoms with Gasteiger partial charge in [-0.15, -0.1) is 0 Å². The Bertz CT molecular complexity index is 1570. The van der Waals surface area contributed by atoms with Crippen LogP contribution in [0.15, 0.2) is 35.8 Å². The highest BCUT2D eigenvalue weighted by Gasteiger charge is 2.31. The normalized spacial score (nSPS) is 17.5. The van der Waals surface area contributed by atoms with Crippen LogP contribution in [0, 0.1) is 0 Å². The van der Waals surface area contributed by atoms with Crippen LogP contribution < -0.4 is 20.3 Å². The van der Waals surface area contributed by atoms with Crippen LogP contribution >= 0.6 is 23.2 Å². The quantitative estimate of drug-likeness (QED) is 0.291. The number of carbonyl (C=O) groups is 1. The van der Waals surface area contributed by atoms with Crippen molar-refractivity contribution in [3.8, 4) is 22.6 Å². The fraction of sp³-hybridized carbons (Fsp3) is 0.484. The highest BCUT2D eigenvalue weighted by Crippen LogP contribution is 2.45. The molecule has 13 heteroatoms. The molecule has 1 aliphatic heterocycles. The second-order valence-corrected chi connectivity index (χ2v) is 12.4. The standard InChI is InChI=1S/C31H40Cl2N6O5/c1-8-24(40)37-15-18(2)38(19(3)16-37)10-9-11-39-28-20(14-34-30(36-28)35-17-31(4,5)42)12-21(29(39)41)25-26(32)22(43-6)13-23(44-7)27(25)33/h8,12-14,18-19,42H,1,9-11,15-17H2,2-7H3,(H,34,35,36). The average molecular weight is 648 g/mol. The van der Waals surface area contributed by atoms with Gasteiger partial charge >= 0.3 is 0 Å². The lowest BCUT2D eigenvalue weighted by atomic mass is 10.0. The Hall–Kier alpha value is -3.38. The number of fused-ring (bicyclic) bond motifs is 1. The second-order valence-electron chi connectivity index (χ2n) is 11.7. The number of pyridine rings is 1. The first kappa shape index (κ1) is 33.5. The molecule has 1 amide bonds. The molecule has 2 atom stereocenters. The summed E-state index contributed by atoms with van der Waals surface area (Å²) in [5, 5.41) is 14.2. The molecule has 2 unspecified atom stereocenters. The number of ether oxygens (including phenoxy) is 2. The van der Waals surface area contributed by atoms with Gasteiger partial charge in [-0.2, -0.15) is 4.98 Å². The number of aryl methyl sites for hydroxylation is 1. The second kappa shape index (κ2) is 13.7. The molecule has 238 valence electrons. The first-order chi connectivity index (χ1) is 20.8. The summed E-state index contributed by atoms with van der Waals surface area (Å²) in [5.41, 5.74) is -0.361. The van der Waals surface area contributed by atoms with Crippen molar-refractivity contribution in [2.45, 2.75) is 58.3 Å². The lowest BCUT2D eigenvalue weighted by Gasteiger charge is -2.44. The van der Waals surface area contributed by atoms with Crippen molar-refractivity contribution in [1.29, 1.82) is 0 Å². The fourth-order valence-corrected chi connectivity index (χ4v) is 6.27. The third kappa shape index (κ3) is 7.12. The Balaban J connectivity index is 1.76. The topological polar surface area (TPSA) is 122 Å². The number of aliphatic hydroxyl groups is 1. The highest BCUT2D eigenvalue weighted by molar-refractivity contribution is 6.41. The largest absolute Gasteiger partial charge is 0.495 e. The molecule has 3 heterocycles. The minimum atomic E-state index is -0.992. The van der Waals surface area contributed by atoms with Crippen molar-refractivity contribution in [3.05, 3.63) is 51.4 Å². The van der Waals surface area contributed by atoms with E-state index in [4.69, 9.17) is 32.7 Å². The fourth-order valence-electron chi connectivity index (χ4n) is 5.57. The number of hydrogen-bond donors (Lipinski definition) is 2. The van der Waals surface area contributed by atoms with E-state index in [0.717, 1.165) is 0 Å². The number of aromatic nitrogens is 3. The van der Waals surface area contributed by atoms with Crippen LogP contribution in [0.1, 0.15) is 34.1 Å². The van der Waals surface area contributed by atoms with Gasteiger partial charge in [-0.3, -0.25) is 19.1 Å². The lowest BCUT2D eigenvalue weighted by Crippen LogP contribution is -2.58. The maximum Gasteiger partial charge on any atom is 0.260 e. The first-order valence-corrected chi connectivity index (χ1v) is 15.2. The molecular formula is C31H40Cl2N6O5. The van der Waals surface area contributed by atoms with E-state index in [1.807, 2.05) is 4.90 Å². The summed E-state index contributed by atoms with van der Waals surface area (Å²) in [4.78, 5) is 39.7. The molecule has 1 aromatic carbocycles. The Kier molecular flexibility index (Phi) is 10.5.